The molecule has 0 aromatic heterocycles. The number of para-hydroxylation sites is 1. The summed E-state index contributed by atoms with van der Waals surface area (Å²) in [6.07, 6.45) is -2.32. The summed E-state index contributed by atoms with van der Waals surface area (Å²) in [4.78, 5) is 24.3. The third kappa shape index (κ3) is 4.84. The molecular weight excluding hydrogens is 434 g/mol. The number of carboxylic acid groups (broad SMARTS) is 1. The Bertz CT molecular complexity index is 1020. The minimum Gasteiger partial charge on any atom is -0.493 e. The van der Waals surface area contributed by atoms with Gasteiger partial charge in [0.15, 0.2) is 11.5 Å². The molecule has 1 unspecified atom stereocenters. The highest BCUT2D eigenvalue weighted by molar-refractivity contribution is 6.30. The second-order valence-electron chi connectivity index (χ2n) is 8.79. The lowest BCUT2D eigenvalue weighted by Crippen LogP contribution is -2.34. The molecule has 0 radical (unpaired) electrons. The lowest BCUT2D eigenvalue weighted by molar-refractivity contribution is -0.148. The Morgan fingerprint density at radius 3 is 2.53 bits per heavy atom. The van der Waals surface area contributed by atoms with E-state index in [0.717, 1.165) is 5.56 Å². The number of amides is 1. The Hall–Kier alpha value is -2.77. The number of aliphatic carboxylic acids is 1. The summed E-state index contributed by atoms with van der Waals surface area (Å²) in [7, 11) is 3.13. The number of carboxylic acids is 1. The summed E-state index contributed by atoms with van der Waals surface area (Å²) in [5.74, 6) is -0.854. The largest absolute Gasteiger partial charge is 0.493 e. The molecule has 8 heteroatoms. The van der Waals surface area contributed by atoms with Crippen LogP contribution in [0.1, 0.15) is 50.3 Å². The highest BCUT2D eigenvalue weighted by Gasteiger charge is 2.43. The SMILES string of the molecule is COc1cccc(C([C@@H]2O[C@H](CC(=O)O)C(=O)Nc3ccc(Cl)cc32)C(C)(C)C)c1OC. The zero-order valence-corrected chi connectivity index (χ0v) is 19.5. The van der Waals surface area contributed by atoms with Gasteiger partial charge in [-0.15, -0.1) is 0 Å². The molecule has 32 heavy (non-hydrogen) atoms. The van der Waals surface area contributed by atoms with Crippen LogP contribution in [0.15, 0.2) is 36.4 Å². The maximum atomic E-state index is 12.8. The third-order valence-electron chi connectivity index (χ3n) is 5.55. The second-order valence-corrected chi connectivity index (χ2v) is 9.23. The molecule has 7 nitrogen and oxygen atoms in total. The highest BCUT2D eigenvalue weighted by atomic mass is 35.5. The van der Waals surface area contributed by atoms with Gasteiger partial charge in [-0.2, -0.15) is 0 Å². The average Bonchev–Trinajstić information content (AvgIpc) is 2.83. The van der Waals surface area contributed by atoms with Crippen LogP contribution in [-0.4, -0.2) is 37.3 Å². The summed E-state index contributed by atoms with van der Waals surface area (Å²) in [5.41, 5.74) is 1.64. The first-order valence-corrected chi connectivity index (χ1v) is 10.6. The molecular formula is C24H28ClNO6. The second kappa shape index (κ2) is 9.38. The minimum atomic E-state index is -1.18. The number of halogens is 1. The molecule has 1 amide bonds. The zero-order valence-electron chi connectivity index (χ0n) is 18.8. The molecule has 2 aromatic carbocycles. The normalized spacial score (nSPS) is 19.4. The molecule has 0 spiro atoms. The smallest absolute Gasteiger partial charge is 0.306 e. The Labute approximate surface area is 192 Å². The van der Waals surface area contributed by atoms with Crippen LogP contribution in [0.25, 0.3) is 0 Å². The first kappa shape index (κ1) is 23.9. The van der Waals surface area contributed by atoms with Crippen LogP contribution < -0.4 is 14.8 Å². The Morgan fingerprint density at radius 2 is 1.94 bits per heavy atom. The molecule has 1 aliphatic rings. The van der Waals surface area contributed by atoms with Crippen LogP contribution in [-0.2, 0) is 14.3 Å². The number of anilines is 1. The molecule has 1 heterocycles. The molecule has 2 aromatic rings. The van der Waals surface area contributed by atoms with E-state index >= 15 is 0 Å². The molecule has 2 N–H and O–H groups in total. The molecule has 0 bridgehead atoms. The quantitative estimate of drug-likeness (QED) is 0.625. The summed E-state index contributed by atoms with van der Waals surface area (Å²) < 4.78 is 17.5. The van der Waals surface area contributed by atoms with E-state index in [0.29, 0.717) is 27.8 Å². The number of ether oxygens (including phenoxy) is 3. The van der Waals surface area contributed by atoms with Crippen molar-refractivity contribution in [3.63, 3.8) is 0 Å². The predicted octanol–water partition coefficient (Wildman–Crippen LogP) is 5.04. The van der Waals surface area contributed by atoms with Gasteiger partial charge in [-0.3, -0.25) is 9.59 Å². The van der Waals surface area contributed by atoms with Crippen molar-refractivity contribution in [1.82, 2.24) is 0 Å². The topological polar surface area (TPSA) is 94.1 Å². The summed E-state index contributed by atoms with van der Waals surface area (Å²) in [6, 6.07) is 10.7. The predicted molar refractivity (Wildman–Crippen MR) is 122 cm³/mol. The van der Waals surface area contributed by atoms with Gasteiger partial charge >= 0.3 is 5.97 Å². The van der Waals surface area contributed by atoms with Crippen molar-refractivity contribution in [2.45, 2.75) is 45.3 Å². The zero-order chi connectivity index (χ0) is 23.6. The fourth-order valence-electron chi connectivity index (χ4n) is 4.21. The van der Waals surface area contributed by atoms with E-state index in [-0.39, 0.29) is 11.3 Å². The van der Waals surface area contributed by atoms with E-state index in [2.05, 4.69) is 26.1 Å². The molecule has 0 saturated heterocycles. The van der Waals surface area contributed by atoms with Crippen molar-refractivity contribution in [3.8, 4) is 11.5 Å². The fraction of sp³-hybridized carbons (Fsp3) is 0.417. The van der Waals surface area contributed by atoms with Crippen molar-refractivity contribution >= 4 is 29.2 Å². The fourth-order valence-corrected chi connectivity index (χ4v) is 4.39. The van der Waals surface area contributed by atoms with Crippen molar-refractivity contribution in [3.05, 3.63) is 52.5 Å². The van der Waals surface area contributed by atoms with Crippen LogP contribution in [0.3, 0.4) is 0 Å². The van der Waals surface area contributed by atoms with Gasteiger partial charge in [-0.25, -0.2) is 0 Å². The number of rotatable bonds is 6. The standard InChI is InChI=1S/C24H28ClNO6/c1-24(2,3)20(14-7-6-8-17(30-4)21(14)31-5)22-15-11-13(25)9-10-16(15)26-23(29)18(32-22)12-19(27)28/h6-11,18,20,22H,12H2,1-5H3,(H,26,29)(H,27,28)/t18-,20?,22-/m1/s1. The van der Waals surface area contributed by atoms with Gasteiger partial charge in [-0.05, 0) is 29.7 Å². The van der Waals surface area contributed by atoms with Crippen LogP contribution in [0, 0.1) is 5.41 Å². The maximum Gasteiger partial charge on any atom is 0.306 e. The molecule has 172 valence electrons. The minimum absolute atomic E-state index is 0.339. The third-order valence-corrected chi connectivity index (χ3v) is 5.78. The lowest BCUT2D eigenvalue weighted by Gasteiger charge is -2.39. The van der Waals surface area contributed by atoms with Gasteiger partial charge in [-0.1, -0.05) is 44.5 Å². The first-order valence-electron chi connectivity index (χ1n) is 10.2. The van der Waals surface area contributed by atoms with E-state index in [1.165, 1.54) is 0 Å². The van der Waals surface area contributed by atoms with Gasteiger partial charge in [0.1, 0.15) is 6.10 Å². The van der Waals surface area contributed by atoms with E-state index in [1.807, 2.05) is 12.1 Å². The molecule has 3 atom stereocenters. The van der Waals surface area contributed by atoms with Crippen LogP contribution in [0.4, 0.5) is 5.69 Å². The molecule has 0 fully saturated rings. The summed E-state index contributed by atoms with van der Waals surface area (Å²) in [6.45, 7) is 6.16. The van der Waals surface area contributed by atoms with E-state index in [9.17, 15) is 14.7 Å². The number of nitrogens with one attached hydrogen (secondary N) is 1. The van der Waals surface area contributed by atoms with Gasteiger partial charge in [0.05, 0.1) is 26.7 Å². The van der Waals surface area contributed by atoms with Crippen molar-refractivity contribution in [1.29, 1.82) is 0 Å². The van der Waals surface area contributed by atoms with E-state index < -0.39 is 30.5 Å². The number of carbonyl (C=O) groups is 2. The number of fused-ring (bicyclic) bond motifs is 1. The number of carbonyl (C=O) groups excluding carboxylic acids is 1. The monoisotopic (exact) mass is 461 g/mol. The van der Waals surface area contributed by atoms with Gasteiger partial charge in [0.25, 0.3) is 5.91 Å². The van der Waals surface area contributed by atoms with Crippen LogP contribution in [0.5, 0.6) is 11.5 Å². The Balaban J connectivity index is 2.26. The highest BCUT2D eigenvalue weighted by Crippen LogP contribution is 2.53. The first-order chi connectivity index (χ1) is 15.1. The van der Waals surface area contributed by atoms with Gasteiger partial charge < -0.3 is 24.6 Å². The lowest BCUT2D eigenvalue weighted by atomic mass is 9.71. The maximum absolute atomic E-state index is 12.8. The van der Waals surface area contributed by atoms with Crippen molar-refractivity contribution in [2.75, 3.05) is 19.5 Å². The van der Waals surface area contributed by atoms with Crippen molar-refractivity contribution < 1.29 is 28.9 Å². The van der Waals surface area contributed by atoms with E-state index in [4.69, 9.17) is 25.8 Å². The van der Waals surface area contributed by atoms with Crippen molar-refractivity contribution in [2.24, 2.45) is 5.41 Å². The Morgan fingerprint density at radius 1 is 1.22 bits per heavy atom. The van der Waals surface area contributed by atoms with Crippen LogP contribution in [0.2, 0.25) is 5.02 Å². The van der Waals surface area contributed by atoms with Gasteiger partial charge in [0, 0.05) is 27.8 Å². The summed E-state index contributed by atoms with van der Waals surface area (Å²) >= 11 is 6.32. The number of benzene rings is 2. The number of hydrogen-bond donors (Lipinski definition) is 2. The molecule has 1 aliphatic heterocycles. The van der Waals surface area contributed by atoms with Crippen LogP contribution >= 0.6 is 11.6 Å². The summed E-state index contributed by atoms with van der Waals surface area (Å²) in [5, 5.41) is 12.7. The molecule has 0 aliphatic carbocycles. The molecule has 0 saturated carbocycles. The number of hydrogen-bond acceptors (Lipinski definition) is 5. The Kier molecular flexibility index (Phi) is 7.00. The van der Waals surface area contributed by atoms with Gasteiger partial charge in [0.2, 0.25) is 0 Å². The number of methoxy groups -OCH3 is 2. The average molecular weight is 462 g/mol. The molecule has 3 rings (SSSR count). The van der Waals surface area contributed by atoms with E-state index in [1.54, 1.807) is 38.5 Å².